The Balaban J connectivity index is 2.12. The highest BCUT2D eigenvalue weighted by molar-refractivity contribution is 5.94. The van der Waals surface area contributed by atoms with Crippen LogP contribution in [0.5, 0.6) is 0 Å². The predicted molar refractivity (Wildman–Crippen MR) is 124 cm³/mol. The minimum absolute atomic E-state index is 0.263. The second kappa shape index (κ2) is 10.5. The lowest BCUT2D eigenvalue weighted by Gasteiger charge is -2.36. The van der Waals surface area contributed by atoms with Gasteiger partial charge in [0.15, 0.2) is 0 Å². The van der Waals surface area contributed by atoms with Gasteiger partial charge in [-0.3, -0.25) is 19.3 Å². The molecule has 1 aromatic rings. The molecule has 2 rings (SSSR count). The molecule has 0 saturated carbocycles. The maximum Gasteiger partial charge on any atom is 0.407 e. The molecular weight excluding hydrogens is 426 g/mol. The number of amides is 4. The third-order valence-corrected chi connectivity index (χ3v) is 5.92. The number of rotatable bonds is 7. The van der Waals surface area contributed by atoms with Crippen LogP contribution in [0.3, 0.4) is 0 Å². The number of likely N-dealkylation sites (tertiary alicyclic amines) is 1. The number of likely N-dealkylation sites (N-methyl/N-ethyl adjacent to an activating group) is 1. The summed E-state index contributed by atoms with van der Waals surface area (Å²) in [6.45, 7) is 7.59. The van der Waals surface area contributed by atoms with E-state index in [1.165, 1.54) is 18.9 Å². The van der Waals surface area contributed by atoms with E-state index >= 15 is 0 Å². The summed E-state index contributed by atoms with van der Waals surface area (Å²) in [5, 5.41) is 14.7. The van der Waals surface area contributed by atoms with E-state index in [0.717, 1.165) is 10.5 Å². The minimum Gasteiger partial charge on any atom is -0.465 e. The largest absolute Gasteiger partial charge is 0.465 e. The van der Waals surface area contributed by atoms with Crippen LogP contribution in [0.2, 0.25) is 0 Å². The molecule has 1 aromatic carbocycles. The number of benzene rings is 1. The van der Waals surface area contributed by atoms with E-state index in [2.05, 4.69) is 10.6 Å². The summed E-state index contributed by atoms with van der Waals surface area (Å²) in [7, 11) is 1.29. The number of hydrogen-bond acceptors (Lipinski definition) is 5. The first-order valence-electron chi connectivity index (χ1n) is 11.0. The average molecular weight is 462 g/mol. The van der Waals surface area contributed by atoms with E-state index in [9.17, 15) is 19.2 Å². The smallest absolute Gasteiger partial charge is 0.407 e. The van der Waals surface area contributed by atoms with Gasteiger partial charge in [0.2, 0.25) is 17.7 Å². The summed E-state index contributed by atoms with van der Waals surface area (Å²) < 4.78 is 0. The molecule has 4 amide bonds. The molecule has 0 radical (unpaired) electrons. The Hall–Kier alpha value is -3.30. The van der Waals surface area contributed by atoms with Crippen LogP contribution in [0, 0.1) is 5.41 Å². The SMILES string of the molecule is C[C@@H](C(=O)N[C@H](C(=O)N1CCC[C@H]1C(=O)NCc1cccc(N)c1)C(C)(C)C)N(C)C(=O)O. The molecular formula is C23H35N5O5. The van der Waals surface area contributed by atoms with E-state index in [1.807, 2.05) is 32.9 Å². The van der Waals surface area contributed by atoms with Crippen molar-refractivity contribution in [1.82, 2.24) is 20.4 Å². The molecule has 5 N–H and O–H groups in total. The van der Waals surface area contributed by atoms with Crippen LogP contribution in [0.25, 0.3) is 0 Å². The molecule has 0 aromatic heterocycles. The molecule has 0 bridgehead atoms. The summed E-state index contributed by atoms with van der Waals surface area (Å²) in [5.74, 6) is -1.20. The van der Waals surface area contributed by atoms with Gasteiger partial charge >= 0.3 is 6.09 Å². The number of carbonyl (C=O) groups is 4. The number of hydrogen-bond donors (Lipinski definition) is 4. The first-order chi connectivity index (χ1) is 15.3. The van der Waals surface area contributed by atoms with Crippen molar-refractivity contribution in [2.24, 2.45) is 5.41 Å². The van der Waals surface area contributed by atoms with Gasteiger partial charge in [0, 0.05) is 25.8 Å². The number of nitrogens with two attached hydrogens (primary N) is 1. The van der Waals surface area contributed by atoms with E-state index in [1.54, 1.807) is 12.1 Å². The van der Waals surface area contributed by atoms with Gasteiger partial charge in [-0.2, -0.15) is 0 Å². The molecule has 33 heavy (non-hydrogen) atoms. The lowest BCUT2D eigenvalue weighted by atomic mass is 9.85. The van der Waals surface area contributed by atoms with Gasteiger partial charge in [0.05, 0.1) is 0 Å². The van der Waals surface area contributed by atoms with Gasteiger partial charge in [-0.15, -0.1) is 0 Å². The monoisotopic (exact) mass is 461 g/mol. The van der Waals surface area contributed by atoms with Crippen LogP contribution in [-0.4, -0.2) is 70.4 Å². The zero-order valence-corrected chi connectivity index (χ0v) is 19.9. The number of nitrogens with zero attached hydrogens (tertiary/aromatic N) is 2. The van der Waals surface area contributed by atoms with Gasteiger partial charge in [-0.1, -0.05) is 32.9 Å². The van der Waals surface area contributed by atoms with Crippen molar-refractivity contribution in [1.29, 1.82) is 0 Å². The third kappa shape index (κ3) is 6.59. The van der Waals surface area contributed by atoms with Crippen LogP contribution in [0.4, 0.5) is 10.5 Å². The number of nitrogen functional groups attached to an aromatic ring is 1. The highest BCUT2D eigenvalue weighted by atomic mass is 16.4. The molecule has 0 aliphatic carbocycles. The van der Waals surface area contributed by atoms with Gasteiger partial charge < -0.3 is 26.4 Å². The lowest BCUT2D eigenvalue weighted by Crippen LogP contribution is -2.60. The molecule has 3 atom stereocenters. The summed E-state index contributed by atoms with van der Waals surface area (Å²) in [5.41, 5.74) is 6.59. The average Bonchev–Trinajstić information content (AvgIpc) is 3.23. The maximum atomic E-state index is 13.5. The summed E-state index contributed by atoms with van der Waals surface area (Å²) in [6.07, 6.45) is -0.0459. The fourth-order valence-electron chi connectivity index (χ4n) is 3.73. The Morgan fingerprint density at radius 3 is 2.52 bits per heavy atom. The van der Waals surface area contributed by atoms with E-state index in [-0.39, 0.29) is 11.8 Å². The van der Waals surface area contributed by atoms with Crippen molar-refractivity contribution in [2.45, 2.75) is 65.2 Å². The number of anilines is 1. The zero-order valence-electron chi connectivity index (χ0n) is 19.9. The molecule has 1 heterocycles. The molecule has 1 saturated heterocycles. The summed E-state index contributed by atoms with van der Waals surface area (Å²) in [6, 6.07) is 4.67. The van der Waals surface area contributed by atoms with E-state index in [4.69, 9.17) is 10.8 Å². The fraction of sp³-hybridized carbons (Fsp3) is 0.565. The second-order valence-electron chi connectivity index (χ2n) is 9.53. The number of carbonyl (C=O) groups excluding carboxylic acids is 3. The normalized spacial score (nSPS) is 17.7. The Morgan fingerprint density at radius 1 is 1.27 bits per heavy atom. The number of carboxylic acid groups (broad SMARTS) is 1. The maximum absolute atomic E-state index is 13.5. The first kappa shape index (κ1) is 26.0. The molecule has 1 fully saturated rings. The van der Waals surface area contributed by atoms with Crippen LogP contribution < -0.4 is 16.4 Å². The zero-order chi connectivity index (χ0) is 24.9. The molecule has 10 heteroatoms. The van der Waals surface area contributed by atoms with Crippen LogP contribution in [0.15, 0.2) is 24.3 Å². The number of nitrogens with one attached hydrogen (secondary N) is 2. The Kier molecular flexibility index (Phi) is 8.29. The third-order valence-electron chi connectivity index (χ3n) is 5.92. The quantitative estimate of drug-likeness (QED) is 0.452. The lowest BCUT2D eigenvalue weighted by molar-refractivity contribution is -0.144. The Morgan fingerprint density at radius 2 is 1.94 bits per heavy atom. The van der Waals surface area contributed by atoms with Crippen molar-refractivity contribution in [2.75, 3.05) is 19.3 Å². The topological polar surface area (TPSA) is 145 Å². The fourth-order valence-corrected chi connectivity index (χ4v) is 3.73. The highest BCUT2D eigenvalue weighted by Crippen LogP contribution is 2.26. The molecule has 1 aliphatic heterocycles. The van der Waals surface area contributed by atoms with E-state index in [0.29, 0.717) is 31.6 Å². The Labute approximate surface area is 194 Å². The van der Waals surface area contributed by atoms with E-state index < -0.39 is 35.5 Å². The van der Waals surface area contributed by atoms with Crippen LogP contribution >= 0.6 is 0 Å². The van der Waals surface area contributed by atoms with Gasteiger partial charge in [0.1, 0.15) is 18.1 Å². The van der Waals surface area contributed by atoms with Crippen molar-refractivity contribution in [3.63, 3.8) is 0 Å². The summed E-state index contributed by atoms with van der Waals surface area (Å²) in [4.78, 5) is 52.6. The van der Waals surface area contributed by atoms with Crippen molar-refractivity contribution in [3.05, 3.63) is 29.8 Å². The Bertz CT molecular complexity index is 897. The highest BCUT2D eigenvalue weighted by Gasteiger charge is 2.42. The van der Waals surface area contributed by atoms with Crippen molar-refractivity contribution >= 4 is 29.5 Å². The van der Waals surface area contributed by atoms with Gasteiger partial charge in [0.25, 0.3) is 0 Å². The van der Waals surface area contributed by atoms with Crippen LogP contribution in [-0.2, 0) is 20.9 Å². The van der Waals surface area contributed by atoms with Gasteiger partial charge in [-0.25, -0.2) is 4.79 Å². The molecule has 182 valence electrons. The second-order valence-corrected chi connectivity index (χ2v) is 9.53. The minimum atomic E-state index is -1.24. The van der Waals surface area contributed by atoms with Crippen LogP contribution in [0.1, 0.15) is 46.1 Å². The van der Waals surface area contributed by atoms with Gasteiger partial charge in [-0.05, 0) is 42.9 Å². The standard InChI is InChI=1S/C23H35N5O5/c1-14(27(5)22(32)33)19(29)26-18(23(2,3)4)21(31)28-11-7-10-17(28)20(30)25-13-15-8-6-9-16(24)12-15/h6,8-9,12,14,17-18H,7,10-11,13,24H2,1-5H3,(H,25,30)(H,26,29)(H,32,33)/t14-,17-,18+/m0/s1. The van der Waals surface area contributed by atoms with Crippen molar-refractivity contribution in [3.8, 4) is 0 Å². The molecule has 10 nitrogen and oxygen atoms in total. The molecule has 0 unspecified atom stereocenters. The summed E-state index contributed by atoms with van der Waals surface area (Å²) >= 11 is 0. The molecule has 0 spiro atoms. The first-order valence-corrected chi connectivity index (χ1v) is 11.0. The predicted octanol–water partition coefficient (Wildman–Crippen LogP) is 1.41. The molecule has 1 aliphatic rings. The van der Waals surface area contributed by atoms with Crippen molar-refractivity contribution < 1.29 is 24.3 Å².